The van der Waals surface area contributed by atoms with Crippen LogP contribution in [0.4, 0.5) is 5.00 Å². The van der Waals surface area contributed by atoms with Crippen LogP contribution in [0, 0.1) is 0 Å². The molecule has 3 aromatic heterocycles. The number of nitrogens with two attached hydrogens (primary N) is 1. The van der Waals surface area contributed by atoms with E-state index in [2.05, 4.69) is 15.1 Å². The van der Waals surface area contributed by atoms with Crippen molar-refractivity contribution in [1.82, 2.24) is 15.1 Å². The van der Waals surface area contributed by atoms with Crippen LogP contribution in [0.1, 0.15) is 23.3 Å². The predicted molar refractivity (Wildman–Crippen MR) is 78.5 cm³/mol. The zero-order valence-corrected chi connectivity index (χ0v) is 11.7. The summed E-state index contributed by atoms with van der Waals surface area (Å²) in [7, 11) is 0. The molecule has 4 rings (SSSR count). The molecule has 0 saturated carbocycles. The van der Waals surface area contributed by atoms with Gasteiger partial charge in [-0.2, -0.15) is 4.98 Å². The molecule has 0 atom stereocenters. The topological polar surface area (TPSA) is 80.7 Å². The number of aromatic nitrogens is 3. The molecule has 1 aliphatic carbocycles. The van der Waals surface area contributed by atoms with E-state index in [4.69, 9.17) is 10.3 Å². The van der Waals surface area contributed by atoms with E-state index < -0.39 is 0 Å². The van der Waals surface area contributed by atoms with Crippen molar-refractivity contribution >= 4 is 16.3 Å². The van der Waals surface area contributed by atoms with Crippen molar-refractivity contribution in [3.63, 3.8) is 0 Å². The molecule has 3 heterocycles. The summed E-state index contributed by atoms with van der Waals surface area (Å²) in [6.07, 6.45) is 6.45. The minimum atomic E-state index is 0.534. The maximum atomic E-state index is 6.16. The van der Waals surface area contributed by atoms with Crippen molar-refractivity contribution in [2.45, 2.75) is 25.7 Å². The highest BCUT2D eigenvalue weighted by Gasteiger charge is 2.24. The van der Waals surface area contributed by atoms with Crippen molar-refractivity contribution in [2.75, 3.05) is 5.73 Å². The van der Waals surface area contributed by atoms with E-state index in [0.717, 1.165) is 29.1 Å². The fourth-order valence-corrected chi connectivity index (χ4v) is 3.88. The fourth-order valence-electron chi connectivity index (χ4n) is 2.73. The molecular weight excluding hydrogens is 272 g/mol. The van der Waals surface area contributed by atoms with Crippen LogP contribution in [-0.4, -0.2) is 15.1 Å². The summed E-state index contributed by atoms with van der Waals surface area (Å²) in [5.74, 6) is 1.10. The van der Waals surface area contributed by atoms with Crippen LogP contribution in [0.25, 0.3) is 23.0 Å². The monoisotopic (exact) mass is 286 g/mol. The molecule has 0 spiro atoms. The van der Waals surface area contributed by atoms with Gasteiger partial charge in [0.2, 0.25) is 5.82 Å². The first-order valence-electron chi connectivity index (χ1n) is 6.71. The summed E-state index contributed by atoms with van der Waals surface area (Å²) < 4.78 is 5.43. The van der Waals surface area contributed by atoms with Crippen LogP contribution >= 0.6 is 11.3 Å². The number of thiophene rings is 1. The van der Waals surface area contributed by atoms with Crippen molar-refractivity contribution in [1.29, 1.82) is 0 Å². The van der Waals surface area contributed by atoms with Crippen molar-refractivity contribution < 1.29 is 4.52 Å². The Balaban J connectivity index is 1.80. The van der Waals surface area contributed by atoms with Gasteiger partial charge in [0.25, 0.3) is 5.89 Å². The van der Waals surface area contributed by atoms with Gasteiger partial charge in [-0.3, -0.25) is 0 Å². The van der Waals surface area contributed by atoms with Crippen LogP contribution < -0.4 is 5.73 Å². The fraction of sp³-hybridized carbons (Fsp3) is 0.286. The van der Waals surface area contributed by atoms with Gasteiger partial charge in [-0.1, -0.05) is 5.16 Å². The summed E-state index contributed by atoms with van der Waals surface area (Å²) in [6.45, 7) is 0. The Morgan fingerprint density at radius 1 is 1.30 bits per heavy atom. The third-order valence-electron chi connectivity index (χ3n) is 3.68. The molecule has 0 unspecified atom stereocenters. The number of fused-ring (bicyclic) bond motifs is 1. The second-order valence-corrected chi connectivity index (χ2v) is 6.09. The number of nitrogens with zero attached hydrogens (tertiary/aromatic N) is 2. The smallest absolute Gasteiger partial charge is 0.261 e. The Morgan fingerprint density at radius 3 is 3.05 bits per heavy atom. The summed E-state index contributed by atoms with van der Waals surface area (Å²) in [5, 5.41) is 4.83. The first-order valence-corrected chi connectivity index (χ1v) is 7.52. The molecule has 0 aliphatic heterocycles. The van der Waals surface area contributed by atoms with Gasteiger partial charge in [-0.05, 0) is 43.4 Å². The molecule has 0 bridgehead atoms. The Kier molecular flexibility index (Phi) is 2.63. The van der Waals surface area contributed by atoms with E-state index in [9.17, 15) is 0 Å². The second-order valence-electron chi connectivity index (χ2n) is 4.96. The average Bonchev–Trinajstić information content (AvgIpc) is 3.16. The number of anilines is 1. The van der Waals surface area contributed by atoms with Crippen molar-refractivity contribution in [3.8, 4) is 23.0 Å². The third-order valence-corrected chi connectivity index (χ3v) is 4.80. The average molecular weight is 286 g/mol. The summed E-state index contributed by atoms with van der Waals surface area (Å²) in [5.41, 5.74) is 9.27. The standard InChI is InChI=1S/C14H14N4OS/c15-12-11(8-4-1-2-6-10(8)20-12)14-17-13(18-19-14)9-5-3-7-16-9/h3,5,7,16H,1-2,4,6,15H2. The molecule has 0 saturated heterocycles. The number of nitrogens with one attached hydrogen (secondary N) is 1. The van der Waals surface area contributed by atoms with E-state index in [-0.39, 0.29) is 0 Å². The maximum Gasteiger partial charge on any atom is 0.261 e. The van der Waals surface area contributed by atoms with Gasteiger partial charge in [-0.25, -0.2) is 0 Å². The van der Waals surface area contributed by atoms with Crippen LogP contribution in [-0.2, 0) is 12.8 Å². The number of H-pyrrole nitrogens is 1. The highest BCUT2D eigenvalue weighted by atomic mass is 32.1. The number of aryl methyl sites for hydroxylation is 1. The molecule has 1 aliphatic rings. The SMILES string of the molecule is Nc1sc2c(c1-c1nc(-c3ccc[nH]3)no1)CCCC2. The van der Waals surface area contributed by atoms with Crippen LogP contribution in [0.3, 0.4) is 0 Å². The molecule has 0 radical (unpaired) electrons. The molecule has 6 heteroatoms. The molecule has 3 N–H and O–H groups in total. The second kappa shape index (κ2) is 4.49. The van der Waals surface area contributed by atoms with Gasteiger partial charge in [0.1, 0.15) is 0 Å². The number of hydrogen-bond acceptors (Lipinski definition) is 5. The van der Waals surface area contributed by atoms with Crippen LogP contribution in [0.15, 0.2) is 22.9 Å². The first-order chi connectivity index (χ1) is 9.83. The van der Waals surface area contributed by atoms with E-state index in [0.29, 0.717) is 11.7 Å². The Labute approximate surface area is 119 Å². The lowest BCUT2D eigenvalue weighted by Crippen LogP contribution is -1.99. The molecule has 5 nitrogen and oxygen atoms in total. The molecular formula is C14H14N4OS. The summed E-state index contributed by atoms with van der Waals surface area (Å²) in [4.78, 5) is 8.94. The van der Waals surface area contributed by atoms with Gasteiger partial charge < -0.3 is 15.2 Å². The van der Waals surface area contributed by atoms with E-state index in [1.165, 1.54) is 23.3 Å². The third kappa shape index (κ3) is 1.76. The van der Waals surface area contributed by atoms with E-state index in [1.807, 2.05) is 18.3 Å². The summed E-state index contributed by atoms with van der Waals surface area (Å²) >= 11 is 1.66. The quantitative estimate of drug-likeness (QED) is 0.757. The molecule has 0 fully saturated rings. The molecule has 102 valence electrons. The number of hydrogen-bond donors (Lipinski definition) is 2. The maximum absolute atomic E-state index is 6.16. The Morgan fingerprint density at radius 2 is 2.20 bits per heavy atom. The van der Waals surface area contributed by atoms with Crippen LogP contribution in [0.2, 0.25) is 0 Å². The Hall–Kier alpha value is -2.08. The van der Waals surface area contributed by atoms with Gasteiger partial charge in [-0.15, -0.1) is 11.3 Å². The number of aromatic amines is 1. The number of rotatable bonds is 2. The van der Waals surface area contributed by atoms with Gasteiger partial charge in [0.15, 0.2) is 0 Å². The molecule has 20 heavy (non-hydrogen) atoms. The minimum absolute atomic E-state index is 0.534. The lowest BCUT2D eigenvalue weighted by Gasteiger charge is -2.10. The highest BCUT2D eigenvalue weighted by molar-refractivity contribution is 7.16. The summed E-state index contributed by atoms with van der Waals surface area (Å²) in [6, 6.07) is 3.83. The lowest BCUT2D eigenvalue weighted by molar-refractivity contribution is 0.432. The molecule has 0 aromatic carbocycles. The van der Waals surface area contributed by atoms with Gasteiger partial charge in [0, 0.05) is 11.1 Å². The van der Waals surface area contributed by atoms with Crippen molar-refractivity contribution in [2.24, 2.45) is 0 Å². The minimum Gasteiger partial charge on any atom is -0.390 e. The lowest BCUT2D eigenvalue weighted by atomic mass is 9.95. The normalized spacial score (nSPS) is 14.4. The first kappa shape index (κ1) is 11.7. The predicted octanol–water partition coefficient (Wildman–Crippen LogP) is 3.25. The van der Waals surface area contributed by atoms with Gasteiger partial charge in [0.05, 0.1) is 16.3 Å². The van der Waals surface area contributed by atoms with Gasteiger partial charge >= 0.3 is 0 Å². The van der Waals surface area contributed by atoms with E-state index >= 15 is 0 Å². The molecule has 3 aromatic rings. The largest absolute Gasteiger partial charge is 0.390 e. The van der Waals surface area contributed by atoms with E-state index in [1.54, 1.807) is 11.3 Å². The Bertz CT molecular complexity index is 741. The van der Waals surface area contributed by atoms with Crippen LogP contribution in [0.5, 0.6) is 0 Å². The zero-order chi connectivity index (χ0) is 13.5. The zero-order valence-electron chi connectivity index (χ0n) is 10.8. The molecule has 0 amide bonds. The highest BCUT2D eigenvalue weighted by Crippen LogP contribution is 2.42. The van der Waals surface area contributed by atoms with Crippen molar-refractivity contribution in [3.05, 3.63) is 28.8 Å². The number of nitrogen functional groups attached to an aromatic ring is 1.